The third kappa shape index (κ3) is 3.23. The zero-order valence-electron chi connectivity index (χ0n) is 15.4. The number of rotatable bonds is 4. The molecule has 0 spiro atoms. The number of fused-ring (bicyclic) bond motifs is 1. The second-order valence-corrected chi connectivity index (χ2v) is 7.91. The Kier molecular flexibility index (Phi) is 4.61. The molecule has 1 aromatic rings. The van der Waals surface area contributed by atoms with Crippen molar-refractivity contribution >= 4 is 17.4 Å². The summed E-state index contributed by atoms with van der Waals surface area (Å²) in [5.41, 5.74) is 0.794. The molecule has 0 aromatic heterocycles. The lowest BCUT2D eigenvalue weighted by molar-refractivity contribution is -0.138. The minimum Gasteiger partial charge on any atom is -0.375 e. The van der Waals surface area contributed by atoms with E-state index in [0.717, 1.165) is 30.9 Å². The van der Waals surface area contributed by atoms with Gasteiger partial charge in [-0.3, -0.25) is 9.59 Å². The van der Waals surface area contributed by atoms with Gasteiger partial charge in [0.2, 0.25) is 0 Å². The summed E-state index contributed by atoms with van der Waals surface area (Å²) in [5, 5.41) is 13.3. The lowest BCUT2D eigenvalue weighted by atomic mass is 9.72. The standard InChI is InChI=1S/C21H24FNO3/c1-13-5-4-10-20(2,3)16(13)8-7-15(24)12-21(26)17-11-14(22)6-9-18(17)23-19(21)25/h6-9,11,26H,4-5,10,12H2,1-3H3,(H,23,25). The summed E-state index contributed by atoms with van der Waals surface area (Å²) in [6.07, 6.45) is 6.01. The lowest BCUT2D eigenvalue weighted by Crippen LogP contribution is -2.36. The molecule has 1 unspecified atom stereocenters. The van der Waals surface area contributed by atoms with E-state index in [1.807, 2.05) is 0 Å². The highest BCUT2D eigenvalue weighted by molar-refractivity contribution is 6.08. The number of aliphatic hydroxyl groups is 1. The van der Waals surface area contributed by atoms with Crippen LogP contribution in [0.1, 0.15) is 52.0 Å². The highest BCUT2D eigenvalue weighted by Gasteiger charge is 2.46. The summed E-state index contributed by atoms with van der Waals surface area (Å²) in [7, 11) is 0. The van der Waals surface area contributed by atoms with Crippen molar-refractivity contribution in [1.82, 2.24) is 0 Å². The Bertz CT molecular complexity index is 838. The van der Waals surface area contributed by atoms with Crippen LogP contribution in [0.15, 0.2) is 41.5 Å². The number of carbonyl (C=O) groups excluding carboxylic acids is 2. The third-order valence-corrected chi connectivity index (χ3v) is 5.46. The van der Waals surface area contributed by atoms with E-state index >= 15 is 0 Å². The first-order valence-electron chi connectivity index (χ1n) is 8.88. The van der Waals surface area contributed by atoms with Gasteiger partial charge in [-0.05, 0) is 61.4 Å². The topological polar surface area (TPSA) is 66.4 Å². The van der Waals surface area contributed by atoms with Gasteiger partial charge in [0, 0.05) is 11.3 Å². The van der Waals surface area contributed by atoms with Gasteiger partial charge in [-0.25, -0.2) is 4.39 Å². The van der Waals surface area contributed by atoms with Crippen LogP contribution in [0.25, 0.3) is 0 Å². The van der Waals surface area contributed by atoms with Crippen molar-refractivity contribution in [1.29, 1.82) is 0 Å². The van der Waals surface area contributed by atoms with Gasteiger partial charge in [0.1, 0.15) is 5.82 Å². The second-order valence-electron chi connectivity index (χ2n) is 7.91. The minimum atomic E-state index is -2.04. The van der Waals surface area contributed by atoms with Crippen molar-refractivity contribution in [2.45, 2.75) is 52.1 Å². The molecule has 0 radical (unpaired) electrons. The van der Waals surface area contributed by atoms with E-state index < -0.39 is 23.7 Å². The zero-order chi connectivity index (χ0) is 19.1. The maximum atomic E-state index is 13.5. The largest absolute Gasteiger partial charge is 0.375 e. The number of halogens is 1. The van der Waals surface area contributed by atoms with Crippen LogP contribution in [0.4, 0.5) is 10.1 Å². The van der Waals surface area contributed by atoms with Crippen LogP contribution < -0.4 is 5.32 Å². The molecule has 4 nitrogen and oxygen atoms in total. The fourth-order valence-corrected chi connectivity index (χ4v) is 3.99. The summed E-state index contributed by atoms with van der Waals surface area (Å²) in [6.45, 7) is 6.37. The highest BCUT2D eigenvalue weighted by Crippen LogP contribution is 2.41. The Morgan fingerprint density at radius 1 is 1.38 bits per heavy atom. The number of ketones is 1. The molecule has 2 aliphatic rings. The molecule has 3 rings (SSSR count). The van der Waals surface area contributed by atoms with E-state index in [2.05, 4.69) is 26.1 Å². The number of allylic oxidation sites excluding steroid dienone is 4. The summed E-state index contributed by atoms with van der Waals surface area (Å²) in [4.78, 5) is 24.7. The maximum absolute atomic E-state index is 13.5. The van der Waals surface area contributed by atoms with Crippen molar-refractivity contribution in [3.63, 3.8) is 0 Å². The third-order valence-electron chi connectivity index (χ3n) is 5.46. The molecule has 1 amide bonds. The molecule has 0 fully saturated rings. The Hall–Kier alpha value is -2.27. The number of anilines is 1. The van der Waals surface area contributed by atoms with Gasteiger partial charge < -0.3 is 10.4 Å². The SMILES string of the molecule is CC1=C(C=CC(=O)CC2(O)C(=O)Nc3ccc(F)cc32)C(C)(C)CCC1. The fraction of sp³-hybridized carbons (Fsp3) is 0.429. The van der Waals surface area contributed by atoms with Gasteiger partial charge in [0.15, 0.2) is 11.4 Å². The Morgan fingerprint density at radius 3 is 2.81 bits per heavy atom. The van der Waals surface area contributed by atoms with Gasteiger partial charge in [-0.2, -0.15) is 0 Å². The molecule has 1 aliphatic heterocycles. The first kappa shape index (κ1) is 18.5. The number of hydrogen-bond donors (Lipinski definition) is 2. The number of hydrogen-bond acceptors (Lipinski definition) is 3. The quantitative estimate of drug-likeness (QED) is 0.800. The van der Waals surface area contributed by atoms with Crippen molar-refractivity contribution in [3.8, 4) is 0 Å². The van der Waals surface area contributed by atoms with Crippen molar-refractivity contribution in [2.75, 3.05) is 5.32 Å². The summed E-state index contributed by atoms with van der Waals surface area (Å²) < 4.78 is 13.5. The molecule has 1 aliphatic carbocycles. The minimum absolute atomic E-state index is 0.00350. The number of amides is 1. The molecule has 0 saturated carbocycles. The second kappa shape index (κ2) is 6.47. The van der Waals surface area contributed by atoms with E-state index in [1.54, 1.807) is 6.08 Å². The predicted molar refractivity (Wildman–Crippen MR) is 98.0 cm³/mol. The van der Waals surface area contributed by atoms with Gasteiger partial charge in [0.25, 0.3) is 5.91 Å². The Labute approximate surface area is 152 Å². The number of nitrogens with one attached hydrogen (secondary N) is 1. The summed E-state index contributed by atoms with van der Waals surface area (Å²) in [5.74, 6) is -1.64. The van der Waals surface area contributed by atoms with Crippen molar-refractivity contribution < 1.29 is 19.1 Å². The molecule has 138 valence electrons. The number of benzene rings is 1. The van der Waals surface area contributed by atoms with E-state index in [9.17, 15) is 19.1 Å². The van der Waals surface area contributed by atoms with Crippen LogP contribution in [-0.4, -0.2) is 16.8 Å². The van der Waals surface area contributed by atoms with Crippen LogP contribution in [0, 0.1) is 11.2 Å². The predicted octanol–water partition coefficient (Wildman–Crippen LogP) is 4.01. The molecular formula is C21H24FNO3. The van der Waals surface area contributed by atoms with Crippen LogP contribution in [0.2, 0.25) is 0 Å². The molecule has 26 heavy (non-hydrogen) atoms. The normalized spacial score (nSPS) is 24.7. The van der Waals surface area contributed by atoms with E-state index in [-0.39, 0.29) is 16.8 Å². The lowest BCUT2D eigenvalue weighted by Gasteiger charge is -2.32. The van der Waals surface area contributed by atoms with Gasteiger partial charge in [-0.15, -0.1) is 0 Å². The average Bonchev–Trinajstić information content (AvgIpc) is 2.77. The highest BCUT2D eigenvalue weighted by atomic mass is 19.1. The van der Waals surface area contributed by atoms with Gasteiger partial charge in [-0.1, -0.05) is 25.5 Å². The zero-order valence-corrected chi connectivity index (χ0v) is 15.4. The van der Waals surface area contributed by atoms with Crippen LogP contribution in [0.5, 0.6) is 0 Å². The molecule has 0 saturated heterocycles. The molecule has 2 N–H and O–H groups in total. The molecule has 5 heteroatoms. The average molecular weight is 357 g/mol. The Balaban J connectivity index is 1.83. The van der Waals surface area contributed by atoms with Crippen molar-refractivity contribution in [3.05, 3.63) is 52.9 Å². The van der Waals surface area contributed by atoms with E-state index in [4.69, 9.17) is 0 Å². The van der Waals surface area contributed by atoms with Crippen LogP contribution in [-0.2, 0) is 15.2 Å². The van der Waals surface area contributed by atoms with Crippen molar-refractivity contribution in [2.24, 2.45) is 5.41 Å². The van der Waals surface area contributed by atoms with E-state index in [1.165, 1.54) is 23.8 Å². The molecule has 1 aromatic carbocycles. The smallest absolute Gasteiger partial charge is 0.261 e. The van der Waals surface area contributed by atoms with E-state index in [0.29, 0.717) is 5.69 Å². The van der Waals surface area contributed by atoms with Crippen LogP contribution >= 0.6 is 0 Å². The Morgan fingerprint density at radius 2 is 2.12 bits per heavy atom. The van der Waals surface area contributed by atoms with Gasteiger partial charge in [0.05, 0.1) is 6.42 Å². The summed E-state index contributed by atoms with van der Waals surface area (Å²) >= 11 is 0. The molecular weight excluding hydrogens is 333 g/mol. The molecule has 1 heterocycles. The number of carbonyl (C=O) groups is 2. The fourth-order valence-electron chi connectivity index (χ4n) is 3.99. The first-order chi connectivity index (χ1) is 12.1. The monoisotopic (exact) mass is 357 g/mol. The van der Waals surface area contributed by atoms with Crippen LogP contribution in [0.3, 0.4) is 0 Å². The molecule has 1 atom stereocenters. The summed E-state index contributed by atoms with van der Waals surface area (Å²) in [6, 6.07) is 3.69. The maximum Gasteiger partial charge on any atom is 0.261 e. The van der Waals surface area contributed by atoms with Gasteiger partial charge >= 0.3 is 0 Å². The first-order valence-corrected chi connectivity index (χ1v) is 8.88. The molecule has 0 bridgehead atoms.